The number of ether oxygens (including phenoxy) is 2. The van der Waals surface area contributed by atoms with Gasteiger partial charge in [0.2, 0.25) is 5.91 Å². The first-order valence-electron chi connectivity index (χ1n) is 7.39. The normalized spacial score (nSPS) is 19.3. The molecule has 0 aromatic heterocycles. The van der Waals surface area contributed by atoms with Crippen LogP contribution in [-0.2, 0) is 9.53 Å². The van der Waals surface area contributed by atoms with Crippen LogP contribution in [0.15, 0.2) is 54.6 Å². The molecule has 2 atom stereocenters. The number of carbonyl (C=O) groups is 1. The lowest BCUT2D eigenvalue weighted by atomic mass is 10.0. The molecule has 1 amide bonds. The second-order valence-corrected chi connectivity index (χ2v) is 5.42. The van der Waals surface area contributed by atoms with E-state index in [2.05, 4.69) is 5.32 Å². The third-order valence-corrected chi connectivity index (χ3v) is 3.68. The summed E-state index contributed by atoms with van der Waals surface area (Å²) in [6.07, 6.45) is -0.467. The van der Waals surface area contributed by atoms with Crippen LogP contribution in [0.2, 0.25) is 0 Å². The molecule has 4 nitrogen and oxygen atoms in total. The maximum atomic E-state index is 11.3. The predicted octanol–water partition coefficient (Wildman–Crippen LogP) is 2.63. The molecule has 22 heavy (non-hydrogen) atoms. The van der Waals surface area contributed by atoms with E-state index < -0.39 is 0 Å². The lowest BCUT2D eigenvalue weighted by Crippen LogP contribution is -2.46. The van der Waals surface area contributed by atoms with Gasteiger partial charge in [-0.25, -0.2) is 0 Å². The molecule has 1 saturated heterocycles. The topological polar surface area (TPSA) is 47.6 Å². The van der Waals surface area contributed by atoms with E-state index in [0.717, 1.165) is 11.3 Å². The second kappa shape index (κ2) is 6.62. The lowest BCUT2D eigenvalue weighted by Gasteiger charge is -2.31. The van der Waals surface area contributed by atoms with Gasteiger partial charge in [0.1, 0.15) is 18.5 Å². The van der Waals surface area contributed by atoms with E-state index in [1.54, 1.807) is 0 Å². The van der Waals surface area contributed by atoms with Gasteiger partial charge in [0.05, 0.1) is 0 Å². The number of hydrogen-bond acceptors (Lipinski definition) is 3. The van der Waals surface area contributed by atoms with Crippen molar-refractivity contribution in [2.24, 2.45) is 0 Å². The smallest absolute Gasteiger partial charge is 0.246 e. The van der Waals surface area contributed by atoms with Gasteiger partial charge in [-0.2, -0.15) is 0 Å². The molecule has 1 fully saturated rings. The van der Waals surface area contributed by atoms with Gasteiger partial charge in [0.25, 0.3) is 0 Å². The molecule has 4 heteroatoms. The monoisotopic (exact) mass is 297 g/mol. The molecule has 0 aliphatic carbocycles. The van der Waals surface area contributed by atoms with Crippen LogP contribution in [0, 0.1) is 6.92 Å². The molecule has 2 aromatic rings. The Morgan fingerprint density at radius 3 is 2.50 bits per heavy atom. The summed E-state index contributed by atoms with van der Waals surface area (Å²) in [5.74, 6) is 0.707. The summed E-state index contributed by atoms with van der Waals surface area (Å²) in [6.45, 7) is 2.56. The van der Waals surface area contributed by atoms with E-state index in [0.29, 0.717) is 6.54 Å². The summed E-state index contributed by atoms with van der Waals surface area (Å²) >= 11 is 0. The number of benzene rings is 2. The molecule has 3 rings (SSSR count). The Kier molecular flexibility index (Phi) is 4.39. The van der Waals surface area contributed by atoms with Crippen LogP contribution in [0.3, 0.4) is 0 Å². The minimum Gasteiger partial charge on any atom is -0.483 e. The van der Waals surface area contributed by atoms with Gasteiger partial charge in [0, 0.05) is 6.54 Å². The van der Waals surface area contributed by atoms with E-state index in [4.69, 9.17) is 9.47 Å². The highest BCUT2D eigenvalue weighted by Crippen LogP contribution is 2.27. The van der Waals surface area contributed by atoms with Gasteiger partial charge in [-0.05, 0) is 24.6 Å². The number of hydrogen-bond donors (Lipinski definition) is 1. The number of morpholine rings is 1. The van der Waals surface area contributed by atoms with Gasteiger partial charge >= 0.3 is 0 Å². The quantitative estimate of drug-likeness (QED) is 0.943. The molecule has 0 radical (unpaired) electrons. The third kappa shape index (κ3) is 3.46. The summed E-state index contributed by atoms with van der Waals surface area (Å²) in [5, 5.41) is 2.83. The van der Waals surface area contributed by atoms with Gasteiger partial charge in [-0.15, -0.1) is 0 Å². The SMILES string of the molecule is Cc1ccc(O[C@@H](c2ccccc2)[C@@H]2CNC(=O)CO2)cc1. The Hall–Kier alpha value is -2.33. The maximum Gasteiger partial charge on any atom is 0.246 e. The fourth-order valence-corrected chi connectivity index (χ4v) is 2.47. The average molecular weight is 297 g/mol. The Balaban J connectivity index is 1.82. The molecule has 1 aliphatic rings. The average Bonchev–Trinajstić information content (AvgIpc) is 2.56. The largest absolute Gasteiger partial charge is 0.483 e. The van der Waals surface area contributed by atoms with E-state index in [9.17, 15) is 4.79 Å². The summed E-state index contributed by atoms with van der Waals surface area (Å²) in [6, 6.07) is 17.9. The zero-order chi connectivity index (χ0) is 15.4. The fourth-order valence-electron chi connectivity index (χ4n) is 2.47. The van der Waals surface area contributed by atoms with Crippen LogP contribution in [0.4, 0.5) is 0 Å². The first-order valence-corrected chi connectivity index (χ1v) is 7.39. The Bertz CT molecular complexity index is 615. The molecule has 0 unspecified atom stereocenters. The number of carbonyl (C=O) groups excluding carboxylic acids is 1. The number of nitrogens with one attached hydrogen (secondary N) is 1. The molecular weight excluding hydrogens is 278 g/mol. The van der Waals surface area contributed by atoms with E-state index in [-0.39, 0.29) is 24.7 Å². The lowest BCUT2D eigenvalue weighted by molar-refractivity contribution is -0.137. The van der Waals surface area contributed by atoms with Gasteiger partial charge < -0.3 is 14.8 Å². The van der Waals surface area contributed by atoms with E-state index >= 15 is 0 Å². The molecule has 1 heterocycles. The van der Waals surface area contributed by atoms with Crippen molar-refractivity contribution < 1.29 is 14.3 Å². The number of amides is 1. The molecule has 2 aromatic carbocycles. The van der Waals surface area contributed by atoms with Crippen LogP contribution in [-0.4, -0.2) is 25.2 Å². The second-order valence-electron chi connectivity index (χ2n) is 5.42. The Morgan fingerprint density at radius 2 is 1.86 bits per heavy atom. The molecule has 0 bridgehead atoms. The van der Waals surface area contributed by atoms with Crippen molar-refractivity contribution in [3.8, 4) is 5.75 Å². The first-order chi connectivity index (χ1) is 10.7. The number of rotatable bonds is 4. The number of aryl methyl sites for hydroxylation is 1. The first kappa shape index (κ1) is 14.6. The molecule has 114 valence electrons. The predicted molar refractivity (Wildman–Crippen MR) is 83.7 cm³/mol. The zero-order valence-electron chi connectivity index (χ0n) is 12.5. The van der Waals surface area contributed by atoms with Gasteiger partial charge in [-0.1, -0.05) is 48.0 Å². The molecule has 0 saturated carbocycles. The van der Waals surface area contributed by atoms with Gasteiger partial charge in [-0.3, -0.25) is 4.79 Å². The molecule has 1 aliphatic heterocycles. The fraction of sp³-hybridized carbons (Fsp3) is 0.278. The summed E-state index contributed by atoms with van der Waals surface area (Å²) in [5.41, 5.74) is 2.22. The van der Waals surface area contributed by atoms with Crippen molar-refractivity contribution in [1.82, 2.24) is 5.32 Å². The summed E-state index contributed by atoms with van der Waals surface area (Å²) < 4.78 is 11.8. The van der Waals surface area contributed by atoms with Crippen LogP contribution in [0.5, 0.6) is 5.75 Å². The highest BCUT2D eigenvalue weighted by molar-refractivity contribution is 5.77. The van der Waals surface area contributed by atoms with E-state index in [1.807, 2.05) is 61.5 Å². The third-order valence-electron chi connectivity index (χ3n) is 3.68. The maximum absolute atomic E-state index is 11.3. The molecule has 1 N–H and O–H groups in total. The van der Waals surface area contributed by atoms with Crippen LogP contribution < -0.4 is 10.1 Å². The van der Waals surface area contributed by atoms with E-state index in [1.165, 1.54) is 5.56 Å². The van der Waals surface area contributed by atoms with Crippen molar-refractivity contribution in [3.63, 3.8) is 0 Å². The summed E-state index contributed by atoms with van der Waals surface area (Å²) in [7, 11) is 0. The summed E-state index contributed by atoms with van der Waals surface area (Å²) in [4.78, 5) is 11.3. The van der Waals surface area contributed by atoms with Crippen molar-refractivity contribution >= 4 is 5.91 Å². The Morgan fingerprint density at radius 1 is 1.14 bits per heavy atom. The van der Waals surface area contributed by atoms with Gasteiger partial charge in [0.15, 0.2) is 6.10 Å². The van der Waals surface area contributed by atoms with Crippen molar-refractivity contribution in [1.29, 1.82) is 0 Å². The van der Waals surface area contributed by atoms with Crippen molar-refractivity contribution in [3.05, 3.63) is 65.7 Å². The van der Waals surface area contributed by atoms with Crippen LogP contribution in [0.25, 0.3) is 0 Å². The molecule has 0 spiro atoms. The van der Waals surface area contributed by atoms with Crippen LogP contribution >= 0.6 is 0 Å². The van der Waals surface area contributed by atoms with Crippen molar-refractivity contribution in [2.45, 2.75) is 19.1 Å². The standard InChI is InChI=1S/C18H19NO3/c1-13-7-9-15(10-8-13)22-18(14-5-3-2-4-6-14)16-11-19-17(20)12-21-16/h2-10,16,18H,11-12H2,1H3,(H,19,20)/t16-,18-/m0/s1. The highest BCUT2D eigenvalue weighted by atomic mass is 16.5. The minimum atomic E-state index is -0.260. The molecular formula is C18H19NO3. The zero-order valence-corrected chi connectivity index (χ0v) is 12.5. The van der Waals surface area contributed by atoms with Crippen LogP contribution in [0.1, 0.15) is 17.2 Å². The highest BCUT2D eigenvalue weighted by Gasteiger charge is 2.30. The Labute approximate surface area is 130 Å². The minimum absolute atomic E-state index is 0.0747. The van der Waals surface area contributed by atoms with Crippen molar-refractivity contribution in [2.75, 3.05) is 13.2 Å².